The fraction of sp³-hybridized carbons (Fsp3) is 0.364. The fourth-order valence-electron chi connectivity index (χ4n) is 4.11. The zero-order chi connectivity index (χ0) is 23.7. The Kier molecular flexibility index (Phi) is 6.24. The SMILES string of the molecule is COC(=O)C1=C(C(=O)OC)Cc2c(O)c3c(c(O)c2C1)CC(C(=O)OC)=C(C(=O)OC)C3. The Balaban J connectivity index is 2.20. The van der Waals surface area contributed by atoms with Gasteiger partial charge in [0.2, 0.25) is 0 Å². The largest absolute Gasteiger partial charge is 0.507 e. The number of aromatic hydroxyl groups is 2. The molecule has 1 aromatic rings. The van der Waals surface area contributed by atoms with E-state index in [1.54, 1.807) is 0 Å². The van der Waals surface area contributed by atoms with E-state index in [0.717, 1.165) is 28.4 Å². The lowest BCUT2D eigenvalue weighted by Crippen LogP contribution is -2.25. The number of methoxy groups -OCH3 is 4. The predicted octanol–water partition coefficient (Wildman–Crippen LogP) is 0.580. The molecule has 0 amide bonds. The molecule has 0 spiro atoms. The van der Waals surface area contributed by atoms with Crippen molar-refractivity contribution in [2.24, 2.45) is 0 Å². The number of hydrogen-bond donors (Lipinski definition) is 2. The first-order chi connectivity index (χ1) is 15.2. The van der Waals surface area contributed by atoms with Gasteiger partial charge in [0, 0.05) is 47.9 Å². The maximum absolute atomic E-state index is 12.3. The third-order valence-corrected chi connectivity index (χ3v) is 5.74. The molecule has 2 aliphatic carbocycles. The van der Waals surface area contributed by atoms with Crippen molar-refractivity contribution in [2.75, 3.05) is 28.4 Å². The van der Waals surface area contributed by atoms with Gasteiger partial charge in [0.25, 0.3) is 0 Å². The molecule has 10 nitrogen and oxygen atoms in total. The number of benzene rings is 1. The molecule has 0 unspecified atom stereocenters. The summed E-state index contributed by atoms with van der Waals surface area (Å²) in [6, 6.07) is 0. The number of ether oxygens (including phenoxy) is 4. The molecular weight excluding hydrogens is 424 g/mol. The summed E-state index contributed by atoms with van der Waals surface area (Å²) in [5, 5.41) is 22.0. The van der Waals surface area contributed by atoms with Gasteiger partial charge in [0.15, 0.2) is 0 Å². The number of carbonyl (C=O) groups is 4. The third kappa shape index (κ3) is 3.57. The highest BCUT2D eigenvalue weighted by molar-refractivity contribution is 6.03. The second kappa shape index (κ2) is 8.74. The summed E-state index contributed by atoms with van der Waals surface area (Å²) < 4.78 is 19.0. The average molecular weight is 446 g/mol. The first-order valence-corrected chi connectivity index (χ1v) is 9.54. The van der Waals surface area contributed by atoms with Crippen molar-refractivity contribution < 1.29 is 48.3 Å². The van der Waals surface area contributed by atoms with Gasteiger partial charge in [-0.05, 0) is 0 Å². The highest BCUT2D eigenvalue weighted by Crippen LogP contribution is 2.46. The van der Waals surface area contributed by atoms with Crippen LogP contribution in [0.25, 0.3) is 0 Å². The number of phenols is 2. The van der Waals surface area contributed by atoms with E-state index < -0.39 is 23.9 Å². The monoisotopic (exact) mass is 446 g/mol. The average Bonchev–Trinajstić information content (AvgIpc) is 2.83. The summed E-state index contributed by atoms with van der Waals surface area (Å²) in [5.41, 5.74) is 0.875. The van der Waals surface area contributed by atoms with Crippen molar-refractivity contribution in [3.63, 3.8) is 0 Å². The molecule has 0 fully saturated rings. The quantitative estimate of drug-likeness (QED) is 0.383. The van der Waals surface area contributed by atoms with Gasteiger partial charge < -0.3 is 29.2 Å². The second-order valence-electron chi connectivity index (χ2n) is 7.20. The summed E-state index contributed by atoms with van der Waals surface area (Å²) in [4.78, 5) is 49.1. The van der Waals surface area contributed by atoms with Crippen molar-refractivity contribution >= 4 is 23.9 Å². The van der Waals surface area contributed by atoms with E-state index in [0.29, 0.717) is 0 Å². The molecule has 10 heteroatoms. The van der Waals surface area contributed by atoms with Crippen molar-refractivity contribution in [3.05, 3.63) is 44.5 Å². The molecule has 170 valence electrons. The molecule has 0 saturated carbocycles. The smallest absolute Gasteiger partial charge is 0.334 e. The van der Waals surface area contributed by atoms with Crippen LogP contribution in [0.3, 0.4) is 0 Å². The molecule has 0 bridgehead atoms. The minimum Gasteiger partial charge on any atom is -0.507 e. The van der Waals surface area contributed by atoms with Crippen LogP contribution in [-0.2, 0) is 63.8 Å². The topological polar surface area (TPSA) is 146 Å². The van der Waals surface area contributed by atoms with Crippen LogP contribution in [0.1, 0.15) is 22.3 Å². The Labute approximate surface area is 183 Å². The Morgan fingerprint density at radius 2 is 0.688 bits per heavy atom. The van der Waals surface area contributed by atoms with Gasteiger partial charge in [-0.1, -0.05) is 0 Å². The highest BCUT2D eigenvalue weighted by Gasteiger charge is 2.37. The standard InChI is InChI=1S/C22H22O10/c1-29-19(25)13-5-9-10(6-14(13)20(26)30-2)18(24)12-8-16(22(28)32-4)15(21(27)31-3)7-11(12)17(9)23/h23-24H,5-8H2,1-4H3. The number of phenolic OH excluding ortho intramolecular Hbond substituents is 2. The lowest BCUT2D eigenvalue weighted by atomic mass is 9.77. The summed E-state index contributed by atoms with van der Waals surface area (Å²) in [6.45, 7) is 0. The van der Waals surface area contributed by atoms with E-state index in [1.165, 1.54) is 0 Å². The number of esters is 4. The van der Waals surface area contributed by atoms with E-state index >= 15 is 0 Å². The fourth-order valence-corrected chi connectivity index (χ4v) is 4.11. The van der Waals surface area contributed by atoms with E-state index in [1.807, 2.05) is 0 Å². The minimum absolute atomic E-state index is 0.00343. The summed E-state index contributed by atoms with van der Waals surface area (Å²) in [5.74, 6) is -3.56. The van der Waals surface area contributed by atoms with Gasteiger partial charge in [0.1, 0.15) is 11.5 Å². The van der Waals surface area contributed by atoms with Crippen LogP contribution in [0.15, 0.2) is 22.3 Å². The van der Waals surface area contributed by atoms with Crippen LogP contribution in [0.5, 0.6) is 11.5 Å². The van der Waals surface area contributed by atoms with E-state index in [4.69, 9.17) is 18.9 Å². The summed E-state index contributed by atoms with van der Waals surface area (Å²) in [6.07, 6.45) is -0.777. The molecule has 0 aliphatic heterocycles. The third-order valence-electron chi connectivity index (χ3n) is 5.74. The van der Waals surface area contributed by atoms with Gasteiger partial charge in [-0.2, -0.15) is 0 Å². The Morgan fingerprint density at radius 3 is 0.844 bits per heavy atom. The number of hydrogen-bond acceptors (Lipinski definition) is 10. The van der Waals surface area contributed by atoms with Gasteiger partial charge in [-0.3, -0.25) is 0 Å². The van der Waals surface area contributed by atoms with E-state index in [-0.39, 0.29) is 81.7 Å². The molecular formula is C22H22O10. The molecule has 0 atom stereocenters. The lowest BCUT2D eigenvalue weighted by Gasteiger charge is -2.29. The van der Waals surface area contributed by atoms with Crippen LogP contribution >= 0.6 is 0 Å². The molecule has 0 radical (unpaired) electrons. The Morgan fingerprint density at radius 1 is 0.500 bits per heavy atom. The normalized spacial score (nSPS) is 14.9. The van der Waals surface area contributed by atoms with Crippen LogP contribution in [0.4, 0.5) is 0 Å². The van der Waals surface area contributed by atoms with Crippen molar-refractivity contribution in [2.45, 2.75) is 25.7 Å². The van der Waals surface area contributed by atoms with Gasteiger partial charge >= 0.3 is 23.9 Å². The maximum atomic E-state index is 12.3. The van der Waals surface area contributed by atoms with Gasteiger partial charge in [-0.15, -0.1) is 0 Å². The number of rotatable bonds is 4. The Bertz CT molecular complexity index is 938. The first-order valence-electron chi connectivity index (χ1n) is 9.54. The molecule has 0 heterocycles. The molecule has 2 aliphatic rings. The van der Waals surface area contributed by atoms with Crippen molar-refractivity contribution in [1.29, 1.82) is 0 Å². The number of carbonyl (C=O) groups excluding carboxylic acids is 4. The molecule has 32 heavy (non-hydrogen) atoms. The summed E-state index contributed by atoms with van der Waals surface area (Å²) in [7, 11) is 4.63. The van der Waals surface area contributed by atoms with E-state index in [9.17, 15) is 29.4 Å². The molecule has 2 N–H and O–H groups in total. The van der Waals surface area contributed by atoms with Crippen LogP contribution in [0, 0.1) is 0 Å². The Hall–Kier alpha value is -3.82. The van der Waals surface area contributed by atoms with Gasteiger partial charge in [0.05, 0.1) is 50.7 Å². The minimum atomic E-state index is -0.768. The van der Waals surface area contributed by atoms with Crippen LogP contribution < -0.4 is 0 Å². The second-order valence-corrected chi connectivity index (χ2v) is 7.20. The van der Waals surface area contributed by atoms with Gasteiger partial charge in [-0.25, -0.2) is 19.2 Å². The van der Waals surface area contributed by atoms with Crippen molar-refractivity contribution in [3.8, 4) is 11.5 Å². The van der Waals surface area contributed by atoms with E-state index in [2.05, 4.69) is 0 Å². The summed E-state index contributed by atoms with van der Waals surface area (Å²) >= 11 is 0. The molecule has 3 rings (SSSR count). The maximum Gasteiger partial charge on any atom is 0.334 e. The zero-order valence-corrected chi connectivity index (χ0v) is 18.0. The van der Waals surface area contributed by atoms with Crippen LogP contribution in [0.2, 0.25) is 0 Å². The zero-order valence-electron chi connectivity index (χ0n) is 18.0. The molecule has 1 aromatic carbocycles. The molecule has 0 aromatic heterocycles. The predicted molar refractivity (Wildman–Crippen MR) is 107 cm³/mol. The lowest BCUT2D eigenvalue weighted by molar-refractivity contribution is -0.139. The van der Waals surface area contributed by atoms with Crippen molar-refractivity contribution in [1.82, 2.24) is 0 Å². The number of fused-ring (bicyclic) bond motifs is 2. The van der Waals surface area contributed by atoms with Crippen LogP contribution in [-0.4, -0.2) is 62.5 Å². The first kappa shape index (κ1) is 22.9. The highest BCUT2D eigenvalue weighted by atomic mass is 16.5. The molecule has 0 saturated heterocycles.